The highest BCUT2D eigenvalue weighted by atomic mass is 32.2. The molecule has 0 atom stereocenters. The molecule has 6 nitrogen and oxygen atoms in total. The molecule has 0 aliphatic heterocycles. The van der Waals surface area contributed by atoms with E-state index >= 15 is 0 Å². The molecule has 0 unspecified atom stereocenters. The van der Waals surface area contributed by atoms with Gasteiger partial charge in [0, 0.05) is 25.4 Å². The molecule has 1 aromatic rings. The molecule has 0 aliphatic rings. The Morgan fingerprint density at radius 3 is 2.82 bits per heavy atom. The first kappa shape index (κ1) is 14.0. The minimum absolute atomic E-state index is 0.0585. The highest BCUT2D eigenvalue weighted by Gasteiger charge is 2.10. The fourth-order valence-electron chi connectivity index (χ4n) is 1.08. The van der Waals surface area contributed by atoms with Crippen LogP contribution in [0.4, 0.5) is 0 Å². The van der Waals surface area contributed by atoms with Crippen LogP contribution in [0.5, 0.6) is 0 Å². The number of rotatable bonds is 8. The van der Waals surface area contributed by atoms with E-state index in [0.717, 1.165) is 5.69 Å². The Hall–Kier alpha value is -1.02. The van der Waals surface area contributed by atoms with Crippen LogP contribution in [0.3, 0.4) is 0 Å². The van der Waals surface area contributed by atoms with Gasteiger partial charge in [0.1, 0.15) is 0 Å². The molecule has 0 bridgehead atoms. The third-order valence-electron chi connectivity index (χ3n) is 1.93. The van der Waals surface area contributed by atoms with Gasteiger partial charge in [-0.05, 0) is 12.1 Å². The molecule has 0 amide bonds. The quantitative estimate of drug-likeness (QED) is 0.530. The van der Waals surface area contributed by atoms with Crippen LogP contribution in [0.25, 0.3) is 0 Å². The average molecular weight is 260 g/mol. The molecule has 0 aliphatic carbocycles. The second-order valence-electron chi connectivity index (χ2n) is 3.31. The topological polar surface area (TPSA) is 77.5 Å². The lowest BCUT2D eigenvalue weighted by Crippen LogP contribution is -2.28. The lowest BCUT2D eigenvalue weighted by Gasteiger charge is -2.06. The molecule has 0 aromatic carbocycles. The van der Waals surface area contributed by atoms with E-state index in [0.29, 0.717) is 13.0 Å². The largest absolute Gasteiger partial charge is 0.382 e. The summed E-state index contributed by atoms with van der Waals surface area (Å²) in [5.74, 6) is -0.0585. The van der Waals surface area contributed by atoms with Crippen LogP contribution in [-0.4, -0.2) is 39.5 Å². The maximum absolute atomic E-state index is 11.5. The van der Waals surface area contributed by atoms with Crippen LogP contribution < -0.4 is 4.89 Å². The second-order valence-corrected chi connectivity index (χ2v) is 5.12. The number of pyridine rings is 1. The van der Waals surface area contributed by atoms with Crippen molar-refractivity contribution in [2.24, 2.45) is 0 Å². The highest BCUT2D eigenvalue weighted by Crippen LogP contribution is 1.97. The molecule has 0 saturated heterocycles. The van der Waals surface area contributed by atoms with Crippen LogP contribution in [0.15, 0.2) is 24.4 Å². The molecule has 0 radical (unpaired) electrons. The standard InChI is InChI=1S/C10H16N2O4S/c1-15-7-8-16-12-17(13,14)9-5-10-4-2-3-6-11-10/h2-4,6,12H,5,7-9H2,1H3. The van der Waals surface area contributed by atoms with Gasteiger partial charge in [0.25, 0.3) is 0 Å². The normalized spacial score (nSPS) is 11.6. The first-order valence-electron chi connectivity index (χ1n) is 5.14. The van der Waals surface area contributed by atoms with E-state index < -0.39 is 10.0 Å². The van der Waals surface area contributed by atoms with Crippen LogP contribution in [-0.2, 0) is 26.0 Å². The Morgan fingerprint density at radius 1 is 1.35 bits per heavy atom. The number of sulfonamides is 1. The monoisotopic (exact) mass is 260 g/mol. The van der Waals surface area contributed by atoms with E-state index in [1.807, 2.05) is 11.0 Å². The van der Waals surface area contributed by atoms with E-state index in [-0.39, 0.29) is 12.4 Å². The predicted molar refractivity (Wildman–Crippen MR) is 62.7 cm³/mol. The number of methoxy groups -OCH3 is 1. The SMILES string of the molecule is COCCONS(=O)(=O)CCc1ccccn1. The minimum Gasteiger partial charge on any atom is -0.382 e. The molecule has 1 N–H and O–H groups in total. The molecule has 7 heteroatoms. The fraction of sp³-hybridized carbons (Fsp3) is 0.500. The van der Waals surface area contributed by atoms with Crippen LogP contribution >= 0.6 is 0 Å². The summed E-state index contributed by atoms with van der Waals surface area (Å²) in [4.78, 5) is 10.8. The van der Waals surface area contributed by atoms with Crippen LogP contribution in [0.2, 0.25) is 0 Å². The first-order chi connectivity index (χ1) is 8.14. The molecule has 0 fully saturated rings. The number of nitrogens with zero attached hydrogens (tertiary/aromatic N) is 1. The van der Waals surface area contributed by atoms with Gasteiger partial charge in [-0.2, -0.15) is 0 Å². The van der Waals surface area contributed by atoms with Gasteiger partial charge in [-0.15, -0.1) is 0 Å². The van der Waals surface area contributed by atoms with E-state index in [9.17, 15) is 8.42 Å². The summed E-state index contributed by atoms with van der Waals surface area (Å²) in [6, 6.07) is 5.38. The summed E-state index contributed by atoms with van der Waals surface area (Å²) in [5, 5.41) is 0. The molecule has 96 valence electrons. The average Bonchev–Trinajstić information content (AvgIpc) is 2.34. The third-order valence-corrected chi connectivity index (χ3v) is 3.04. The van der Waals surface area contributed by atoms with Crippen molar-refractivity contribution in [1.82, 2.24) is 9.87 Å². The minimum atomic E-state index is -3.43. The second kappa shape index (κ2) is 7.33. The van der Waals surface area contributed by atoms with Crippen molar-refractivity contribution in [3.8, 4) is 0 Å². The maximum Gasteiger partial charge on any atom is 0.233 e. The molecule has 1 aromatic heterocycles. The van der Waals surface area contributed by atoms with Gasteiger partial charge in [-0.25, -0.2) is 8.42 Å². The zero-order valence-corrected chi connectivity index (χ0v) is 10.4. The number of aromatic nitrogens is 1. The molecule has 0 spiro atoms. The smallest absolute Gasteiger partial charge is 0.233 e. The van der Waals surface area contributed by atoms with E-state index in [2.05, 4.69) is 4.98 Å². The van der Waals surface area contributed by atoms with Crippen molar-refractivity contribution in [1.29, 1.82) is 0 Å². The van der Waals surface area contributed by atoms with Gasteiger partial charge < -0.3 is 4.74 Å². The van der Waals surface area contributed by atoms with Crippen molar-refractivity contribution >= 4 is 10.0 Å². The van der Waals surface area contributed by atoms with Gasteiger partial charge in [-0.3, -0.25) is 9.82 Å². The van der Waals surface area contributed by atoms with Crippen molar-refractivity contribution in [2.75, 3.05) is 26.1 Å². The molecular weight excluding hydrogens is 244 g/mol. The van der Waals surface area contributed by atoms with Crippen molar-refractivity contribution in [2.45, 2.75) is 6.42 Å². The molecule has 1 heterocycles. The Kier molecular flexibility index (Phi) is 6.06. The lowest BCUT2D eigenvalue weighted by atomic mass is 10.3. The summed E-state index contributed by atoms with van der Waals surface area (Å²) in [5.41, 5.74) is 0.731. The Balaban J connectivity index is 2.30. The van der Waals surface area contributed by atoms with Gasteiger partial charge in [0.05, 0.1) is 19.0 Å². The Labute approximate surface area is 101 Å². The van der Waals surface area contributed by atoms with Crippen molar-refractivity contribution in [3.63, 3.8) is 0 Å². The van der Waals surface area contributed by atoms with Crippen LogP contribution in [0.1, 0.15) is 5.69 Å². The number of hydrogen-bond donors (Lipinski definition) is 1. The van der Waals surface area contributed by atoms with E-state index in [1.54, 1.807) is 18.3 Å². The third kappa shape index (κ3) is 6.32. The van der Waals surface area contributed by atoms with E-state index in [1.165, 1.54) is 7.11 Å². The summed E-state index contributed by atoms with van der Waals surface area (Å²) in [6.07, 6.45) is 1.98. The van der Waals surface area contributed by atoms with Gasteiger partial charge in [0.2, 0.25) is 10.0 Å². The van der Waals surface area contributed by atoms with Gasteiger partial charge >= 0.3 is 0 Å². The van der Waals surface area contributed by atoms with Gasteiger partial charge in [0.15, 0.2) is 0 Å². The number of aryl methyl sites for hydroxylation is 1. The van der Waals surface area contributed by atoms with Crippen LogP contribution in [0, 0.1) is 0 Å². The molecule has 17 heavy (non-hydrogen) atoms. The number of ether oxygens (including phenoxy) is 1. The predicted octanol–water partition coefficient (Wildman–Crippen LogP) is 0.121. The lowest BCUT2D eigenvalue weighted by molar-refractivity contribution is 0.0439. The maximum atomic E-state index is 11.5. The summed E-state index contributed by atoms with van der Waals surface area (Å²) in [6.45, 7) is 0.516. The molecule has 1 rings (SSSR count). The van der Waals surface area contributed by atoms with Crippen molar-refractivity contribution < 1.29 is 18.0 Å². The summed E-state index contributed by atoms with van der Waals surface area (Å²) in [7, 11) is -1.92. The highest BCUT2D eigenvalue weighted by molar-refractivity contribution is 7.89. The molecular formula is C10H16N2O4S. The summed E-state index contributed by atoms with van der Waals surface area (Å²) >= 11 is 0. The zero-order valence-electron chi connectivity index (χ0n) is 9.63. The van der Waals surface area contributed by atoms with Crippen molar-refractivity contribution in [3.05, 3.63) is 30.1 Å². The summed E-state index contributed by atoms with van der Waals surface area (Å²) < 4.78 is 27.6. The number of hydrogen-bond acceptors (Lipinski definition) is 5. The Bertz CT molecular complexity index is 408. The first-order valence-corrected chi connectivity index (χ1v) is 6.79. The Morgan fingerprint density at radius 2 is 2.18 bits per heavy atom. The fourth-order valence-corrected chi connectivity index (χ4v) is 1.91. The van der Waals surface area contributed by atoms with Gasteiger partial charge in [-0.1, -0.05) is 11.0 Å². The molecule has 0 saturated carbocycles. The zero-order chi connectivity index (χ0) is 12.6. The van der Waals surface area contributed by atoms with E-state index in [4.69, 9.17) is 9.57 Å². The number of nitrogens with one attached hydrogen (secondary N) is 1.